The molecule has 180 valence electrons. The van der Waals surface area contributed by atoms with Crippen molar-refractivity contribution in [2.45, 2.75) is 50.1 Å². The number of carbonyl (C=O) groups is 2. The van der Waals surface area contributed by atoms with Gasteiger partial charge in [0.25, 0.3) is 0 Å². The third-order valence-electron chi connectivity index (χ3n) is 6.03. The Balaban J connectivity index is 1.42. The van der Waals surface area contributed by atoms with Gasteiger partial charge in [0.2, 0.25) is 15.9 Å². The molecule has 2 saturated heterocycles. The van der Waals surface area contributed by atoms with Crippen molar-refractivity contribution in [2.75, 3.05) is 32.8 Å². The molecule has 0 spiro atoms. The predicted molar refractivity (Wildman–Crippen MR) is 118 cm³/mol. The Morgan fingerprint density at radius 1 is 1.15 bits per heavy atom. The van der Waals surface area contributed by atoms with E-state index in [0.29, 0.717) is 51.1 Å². The highest BCUT2D eigenvalue weighted by Crippen LogP contribution is 2.24. The van der Waals surface area contributed by atoms with Crippen LogP contribution in [0, 0.1) is 0 Å². The highest BCUT2D eigenvalue weighted by Gasteiger charge is 2.28. The number of hydrogen-bond acceptors (Lipinski definition) is 7. The van der Waals surface area contributed by atoms with Gasteiger partial charge in [0.15, 0.2) is 5.58 Å². The fraction of sp³-hybridized carbons (Fsp3) is 0.571. The summed E-state index contributed by atoms with van der Waals surface area (Å²) in [5.41, 5.74) is 0.475. The highest BCUT2D eigenvalue weighted by atomic mass is 32.2. The molecule has 2 aliphatic rings. The summed E-state index contributed by atoms with van der Waals surface area (Å²) in [7, 11) is -3.64. The van der Waals surface area contributed by atoms with Crippen LogP contribution in [0.15, 0.2) is 32.3 Å². The second-order valence-corrected chi connectivity index (χ2v) is 10.2. The summed E-state index contributed by atoms with van der Waals surface area (Å²) in [6.45, 7) is 3.73. The van der Waals surface area contributed by atoms with Crippen LogP contribution in [0.5, 0.6) is 0 Å². The molecule has 1 aromatic carbocycles. The quantitative estimate of drug-likeness (QED) is 0.655. The van der Waals surface area contributed by atoms with E-state index >= 15 is 0 Å². The Hall–Kier alpha value is -2.86. The minimum Gasteiger partial charge on any atom is -0.450 e. The van der Waals surface area contributed by atoms with Crippen molar-refractivity contribution in [1.82, 2.24) is 19.1 Å². The lowest BCUT2D eigenvalue weighted by atomic mass is 10.1. The molecule has 0 atom stereocenters. The van der Waals surface area contributed by atoms with E-state index in [1.54, 1.807) is 11.8 Å². The first-order valence-electron chi connectivity index (χ1n) is 11.1. The van der Waals surface area contributed by atoms with E-state index in [9.17, 15) is 22.8 Å². The second kappa shape index (κ2) is 9.56. The van der Waals surface area contributed by atoms with Gasteiger partial charge in [-0.05, 0) is 44.7 Å². The molecule has 3 heterocycles. The third-order valence-corrected chi connectivity index (χ3v) is 7.92. The van der Waals surface area contributed by atoms with Gasteiger partial charge in [-0.25, -0.2) is 18.0 Å². The number of likely N-dealkylation sites (tertiary alicyclic amines) is 1. The molecule has 2 aromatic rings. The van der Waals surface area contributed by atoms with Gasteiger partial charge in [-0.15, -0.1) is 0 Å². The number of sulfonamides is 1. The van der Waals surface area contributed by atoms with Gasteiger partial charge in [0.05, 0.1) is 17.0 Å². The third kappa shape index (κ3) is 4.91. The molecule has 1 N–H and O–H groups in total. The Bertz CT molecular complexity index is 1190. The van der Waals surface area contributed by atoms with E-state index in [0.717, 1.165) is 12.8 Å². The van der Waals surface area contributed by atoms with Crippen molar-refractivity contribution in [3.05, 3.63) is 28.7 Å². The van der Waals surface area contributed by atoms with Gasteiger partial charge in [-0.3, -0.25) is 9.36 Å². The van der Waals surface area contributed by atoms with Crippen LogP contribution in [0.4, 0.5) is 4.79 Å². The van der Waals surface area contributed by atoms with Crippen molar-refractivity contribution in [3.63, 3.8) is 0 Å². The summed E-state index contributed by atoms with van der Waals surface area (Å²) >= 11 is 0. The van der Waals surface area contributed by atoms with Gasteiger partial charge in [0, 0.05) is 38.3 Å². The van der Waals surface area contributed by atoms with Gasteiger partial charge in [-0.2, -0.15) is 4.31 Å². The molecule has 0 bridgehead atoms. The Labute approximate surface area is 191 Å². The zero-order chi connectivity index (χ0) is 23.6. The number of carbonyl (C=O) groups excluding carboxylic acids is 2. The molecule has 2 fully saturated rings. The lowest BCUT2D eigenvalue weighted by molar-refractivity contribution is -0.122. The predicted octanol–water partition coefficient (Wildman–Crippen LogP) is 1.12. The molecular weight excluding hydrogens is 452 g/mol. The molecular formula is C21H28N4O7S. The number of nitrogens with zero attached hydrogens (tertiary/aromatic N) is 3. The summed E-state index contributed by atoms with van der Waals surface area (Å²) in [6, 6.07) is 4.15. The molecule has 12 heteroatoms. The minimum atomic E-state index is -3.64. The SMILES string of the molecule is CCOC(=O)N1CCC(NC(=O)Cn2c(=O)oc3cc(S(=O)(=O)N4CCCC4)ccc32)CC1. The van der Waals surface area contributed by atoms with Crippen LogP contribution in [-0.4, -0.2) is 73.0 Å². The Morgan fingerprint density at radius 3 is 2.52 bits per heavy atom. The average Bonchev–Trinajstić information content (AvgIpc) is 3.43. The normalized spacial score (nSPS) is 18.0. The lowest BCUT2D eigenvalue weighted by Crippen LogP contribution is -2.47. The maximum absolute atomic E-state index is 12.8. The summed E-state index contributed by atoms with van der Waals surface area (Å²) in [5, 5.41) is 2.89. The molecule has 0 saturated carbocycles. The van der Waals surface area contributed by atoms with E-state index in [2.05, 4.69) is 5.32 Å². The monoisotopic (exact) mass is 480 g/mol. The molecule has 0 radical (unpaired) electrons. The number of piperidine rings is 1. The van der Waals surface area contributed by atoms with Crippen LogP contribution in [-0.2, 0) is 26.1 Å². The van der Waals surface area contributed by atoms with E-state index in [-0.39, 0.29) is 35.1 Å². The molecule has 0 unspecified atom stereocenters. The van der Waals surface area contributed by atoms with Gasteiger partial charge in [-0.1, -0.05) is 0 Å². The number of amides is 2. The van der Waals surface area contributed by atoms with Crippen LogP contribution < -0.4 is 11.1 Å². The Morgan fingerprint density at radius 2 is 1.85 bits per heavy atom. The zero-order valence-electron chi connectivity index (χ0n) is 18.5. The van der Waals surface area contributed by atoms with Gasteiger partial charge < -0.3 is 19.4 Å². The number of benzene rings is 1. The number of aromatic nitrogens is 1. The molecule has 2 amide bonds. The van der Waals surface area contributed by atoms with Crippen molar-refractivity contribution in [1.29, 1.82) is 0 Å². The average molecular weight is 481 g/mol. The number of nitrogens with one attached hydrogen (secondary N) is 1. The zero-order valence-corrected chi connectivity index (χ0v) is 19.3. The smallest absolute Gasteiger partial charge is 0.420 e. The van der Waals surface area contributed by atoms with Crippen molar-refractivity contribution in [2.24, 2.45) is 0 Å². The summed E-state index contributed by atoms with van der Waals surface area (Å²) in [5.74, 6) is -1.09. The molecule has 0 aliphatic carbocycles. The second-order valence-electron chi connectivity index (χ2n) is 8.22. The molecule has 2 aliphatic heterocycles. The van der Waals surface area contributed by atoms with Crippen molar-refractivity contribution >= 4 is 33.1 Å². The first-order chi connectivity index (χ1) is 15.8. The van der Waals surface area contributed by atoms with Crippen molar-refractivity contribution in [3.8, 4) is 0 Å². The number of fused-ring (bicyclic) bond motifs is 1. The van der Waals surface area contributed by atoms with E-state index in [4.69, 9.17) is 9.15 Å². The topological polar surface area (TPSA) is 131 Å². The van der Waals surface area contributed by atoms with Crippen LogP contribution >= 0.6 is 0 Å². The highest BCUT2D eigenvalue weighted by molar-refractivity contribution is 7.89. The van der Waals surface area contributed by atoms with E-state index < -0.39 is 15.8 Å². The number of hydrogen-bond donors (Lipinski definition) is 1. The summed E-state index contributed by atoms with van der Waals surface area (Å²) in [6.07, 6.45) is 2.46. The number of rotatable bonds is 6. The summed E-state index contributed by atoms with van der Waals surface area (Å²) in [4.78, 5) is 38.4. The number of ether oxygens (including phenoxy) is 1. The number of oxazole rings is 1. The maximum Gasteiger partial charge on any atom is 0.420 e. The molecule has 33 heavy (non-hydrogen) atoms. The molecule has 4 rings (SSSR count). The molecule has 11 nitrogen and oxygen atoms in total. The lowest BCUT2D eigenvalue weighted by Gasteiger charge is -2.31. The van der Waals surface area contributed by atoms with Crippen LogP contribution in [0.1, 0.15) is 32.6 Å². The fourth-order valence-electron chi connectivity index (χ4n) is 4.27. The van der Waals surface area contributed by atoms with E-state index in [1.165, 1.54) is 27.1 Å². The van der Waals surface area contributed by atoms with Gasteiger partial charge in [0.1, 0.15) is 6.54 Å². The minimum absolute atomic E-state index is 0.0654. The van der Waals surface area contributed by atoms with Gasteiger partial charge >= 0.3 is 11.8 Å². The largest absolute Gasteiger partial charge is 0.450 e. The fourth-order valence-corrected chi connectivity index (χ4v) is 5.81. The standard InChI is InChI=1S/C21H28N4O7S/c1-2-31-20(27)23-11-7-15(8-12-23)22-19(26)14-25-17-6-5-16(13-18(17)32-21(25)28)33(29,30)24-9-3-4-10-24/h5-6,13,15H,2-4,7-12,14H2,1H3,(H,22,26). The maximum atomic E-state index is 12.8. The first kappa shape index (κ1) is 23.3. The van der Waals surface area contributed by atoms with E-state index in [1.807, 2.05) is 0 Å². The van der Waals surface area contributed by atoms with Crippen molar-refractivity contribution < 1.29 is 27.2 Å². The van der Waals surface area contributed by atoms with Crippen LogP contribution in [0.2, 0.25) is 0 Å². The molecule has 1 aromatic heterocycles. The van der Waals surface area contributed by atoms with Crippen LogP contribution in [0.25, 0.3) is 11.1 Å². The van der Waals surface area contributed by atoms with Crippen LogP contribution in [0.3, 0.4) is 0 Å². The first-order valence-corrected chi connectivity index (χ1v) is 12.6. The Kier molecular flexibility index (Phi) is 6.75. The summed E-state index contributed by atoms with van der Waals surface area (Å²) < 4.78 is 38.4.